The molecule has 1 heterocycles. The summed E-state index contributed by atoms with van der Waals surface area (Å²) < 4.78 is 1.36. The number of benzene rings is 2. The number of hydrogen-bond donors (Lipinski definition) is 0. The zero-order valence-corrected chi connectivity index (χ0v) is 12.5. The van der Waals surface area contributed by atoms with Gasteiger partial charge in [-0.25, -0.2) is 0 Å². The van der Waals surface area contributed by atoms with Crippen LogP contribution in [0.25, 0.3) is 21.2 Å². The van der Waals surface area contributed by atoms with E-state index in [0.717, 1.165) is 5.33 Å². The van der Waals surface area contributed by atoms with Crippen LogP contribution in [-0.4, -0.2) is 0 Å². The van der Waals surface area contributed by atoms with Gasteiger partial charge in [-0.15, -0.1) is 11.3 Å². The average Bonchev–Trinajstić information content (AvgIpc) is 2.82. The Kier molecular flexibility index (Phi) is 3.23. The second-order valence-corrected chi connectivity index (χ2v) is 5.90. The number of fused-ring (bicyclic) bond motifs is 1. The molecular weight excluding hydrogens is 304 g/mol. The van der Waals surface area contributed by atoms with Gasteiger partial charge in [0.1, 0.15) is 0 Å². The second-order valence-electron chi connectivity index (χ2n) is 4.43. The molecule has 1 aromatic heterocycles. The van der Waals surface area contributed by atoms with Crippen molar-refractivity contribution in [3.05, 3.63) is 59.0 Å². The quantitative estimate of drug-likeness (QED) is 0.526. The number of rotatable bonds is 2. The first-order valence-corrected chi connectivity index (χ1v) is 7.92. The molecule has 2 heteroatoms. The SMILES string of the molecule is Cc1ccccc1-c1csc2ccc(CBr)cc12. The van der Waals surface area contributed by atoms with E-state index in [2.05, 4.69) is 70.7 Å². The lowest BCUT2D eigenvalue weighted by molar-refractivity contribution is 1.46. The zero-order valence-electron chi connectivity index (χ0n) is 10.1. The van der Waals surface area contributed by atoms with Crippen LogP contribution in [0.15, 0.2) is 47.8 Å². The minimum Gasteiger partial charge on any atom is -0.143 e. The average molecular weight is 317 g/mol. The first-order valence-electron chi connectivity index (χ1n) is 5.91. The van der Waals surface area contributed by atoms with Crippen molar-refractivity contribution in [1.82, 2.24) is 0 Å². The molecule has 0 spiro atoms. The van der Waals surface area contributed by atoms with Gasteiger partial charge in [0.25, 0.3) is 0 Å². The number of aryl methyl sites for hydroxylation is 1. The zero-order chi connectivity index (χ0) is 12.5. The molecule has 0 aliphatic rings. The Morgan fingerprint density at radius 2 is 1.89 bits per heavy atom. The largest absolute Gasteiger partial charge is 0.143 e. The maximum absolute atomic E-state index is 3.53. The van der Waals surface area contributed by atoms with Gasteiger partial charge < -0.3 is 0 Å². The first kappa shape index (κ1) is 11.9. The summed E-state index contributed by atoms with van der Waals surface area (Å²) in [6.45, 7) is 2.17. The Bertz CT molecular complexity index is 697. The Balaban J connectivity index is 2.26. The van der Waals surface area contributed by atoms with Crippen molar-refractivity contribution in [3.8, 4) is 11.1 Å². The highest BCUT2D eigenvalue weighted by atomic mass is 79.9. The fourth-order valence-corrected chi connectivity index (χ4v) is 3.53. The lowest BCUT2D eigenvalue weighted by Crippen LogP contribution is -1.82. The van der Waals surface area contributed by atoms with E-state index in [4.69, 9.17) is 0 Å². The Morgan fingerprint density at radius 3 is 2.67 bits per heavy atom. The molecule has 0 nitrogen and oxygen atoms in total. The van der Waals surface area contributed by atoms with Crippen molar-refractivity contribution in [2.45, 2.75) is 12.3 Å². The second kappa shape index (κ2) is 4.87. The third-order valence-corrected chi connectivity index (χ3v) is 4.84. The minimum absolute atomic E-state index is 0.909. The van der Waals surface area contributed by atoms with Crippen LogP contribution in [0.5, 0.6) is 0 Å². The van der Waals surface area contributed by atoms with E-state index in [9.17, 15) is 0 Å². The lowest BCUT2D eigenvalue weighted by atomic mass is 9.99. The third-order valence-electron chi connectivity index (χ3n) is 3.23. The van der Waals surface area contributed by atoms with Crippen LogP contribution in [0.3, 0.4) is 0 Å². The van der Waals surface area contributed by atoms with Crippen LogP contribution in [0, 0.1) is 6.92 Å². The summed E-state index contributed by atoms with van der Waals surface area (Å²) in [5.74, 6) is 0. The van der Waals surface area contributed by atoms with Crippen LogP contribution in [0.2, 0.25) is 0 Å². The number of thiophene rings is 1. The first-order chi connectivity index (χ1) is 8.79. The van der Waals surface area contributed by atoms with Gasteiger partial charge in [0, 0.05) is 21.0 Å². The molecule has 0 fully saturated rings. The van der Waals surface area contributed by atoms with Gasteiger partial charge >= 0.3 is 0 Å². The van der Waals surface area contributed by atoms with Crippen molar-refractivity contribution in [3.63, 3.8) is 0 Å². The van der Waals surface area contributed by atoms with E-state index in [1.54, 1.807) is 0 Å². The smallest absolute Gasteiger partial charge is 0.0349 e. The van der Waals surface area contributed by atoms with Crippen LogP contribution in [0.1, 0.15) is 11.1 Å². The van der Waals surface area contributed by atoms with E-state index >= 15 is 0 Å². The molecule has 0 atom stereocenters. The number of hydrogen-bond acceptors (Lipinski definition) is 1. The Labute approximate surface area is 119 Å². The van der Waals surface area contributed by atoms with Crippen molar-refractivity contribution < 1.29 is 0 Å². The summed E-state index contributed by atoms with van der Waals surface area (Å²) in [6.07, 6.45) is 0. The molecule has 0 saturated carbocycles. The molecule has 3 aromatic rings. The van der Waals surface area contributed by atoms with Crippen molar-refractivity contribution >= 4 is 37.4 Å². The molecule has 3 rings (SSSR count). The molecule has 18 heavy (non-hydrogen) atoms. The summed E-state index contributed by atoms with van der Waals surface area (Å²) in [6, 6.07) is 15.3. The molecule has 0 aliphatic heterocycles. The van der Waals surface area contributed by atoms with Gasteiger partial charge in [0.2, 0.25) is 0 Å². The van der Waals surface area contributed by atoms with Crippen molar-refractivity contribution in [2.75, 3.05) is 0 Å². The summed E-state index contributed by atoms with van der Waals surface area (Å²) in [5.41, 5.74) is 5.36. The molecule has 0 amide bonds. The molecule has 0 N–H and O–H groups in total. The normalized spacial score (nSPS) is 11.0. The van der Waals surface area contributed by atoms with Gasteiger partial charge in [-0.3, -0.25) is 0 Å². The summed E-state index contributed by atoms with van der Waals surface area (Å²) in [4.78, 5) is 0. The van der Waals surface area contributed by atoms with Gasteiger partial charge in [-0.05, 0) is 41.1 Å². The van der Waals surface area contributed by atoms with E-state index in [1.807, 2.05) is 11.3 Å². The van der Waals surface area contributed by atoms with E-state index in [1.165, 1.54) is 32.3 Å². The molecule has 0 bridgehead atoms. The lowest BCUT2D eigenvalue weighted by Gasteiger charge is -2.05. The van der Waals surface area contributed by atoms with Gasteiger partial charge in [-0.2, -0.15) is 0 Å². The molecule has 2 aromatic carbocycles. The summed E-state index contributed by atoms with van der Waals surface area (Å²) in [7, 11) is 0. The van der Waals surface area contributed by atoms with E-state index in [-0.39, 0.29) is 0 Å². The maximum atomic E-state index is 3.53. The predicted molar refractivity (Wildman–Crippen MR) is 84.6 cm³/mol. The van der Waals surface area contributed by atoms with Gasteiger partial charge in [0.05, 0.1) is 0 Å². The molecule has 0 unspecified atom stereocenters. The fourth-order valence-electron chi connectivity index (χ4n) is 2.24. The van der Waals surface area contributed by atoms with Crippen molar-refractivity contribution in [2.24, 2.45) is 0 Å². The van der Waals surface area contributed by atoms with Crippen LogP contribution < -0.4 is 0 Å². The maximum Gasteiger partial charge on any atom is 0.0349 e. The van der Waals surface area contributed by atoms with E-state index < -0.39 is 0 Å². The van der Waals surface area contributed by atoms with Gasteiger partial charge in [0.15, 0.2) is 0 Å². The monoisotopic (exact) mass is 316 g/mol. The summed E-state index contributed by atoms with van der Waals surface area (Å²) in [5, 5.41) is 4.54. The van der Waals surface area contributed by atoms with Gasteiger partial charge in [-0.1, -0.05) is 46.3 Å². The Morgan fingerprint density at radius 1 is 1.06 bits per heavy atom. The topological polar surface area (TPSA) is 0 Å². The van der Waals surface area contributed by atoms with E-state index in [0.29, 0.717) is 0 Å². The van der Waals surface area contributed by atoms with Crippen LogP contribution in [-0.2, 0) is 5.33 Å². The molecule has 0 saturated heterocycles. The predicted octanol–water partition coefficient (Wildman–Crippen LogP) is 5.77. The highest BCUT2D eigenvalue weighted by Crippen LogP contribution is 2.36. The standard InChI is InChI=1S/C16H13BrS/c1-11-4-2-3-5-13(11)15-10-18-16-7-6-12(9-17)8-14(15)16/h2-8,10H,9H2,1H3. The number of alkyl halides is 1. The van der Waals surface area contributed by atoms with Crippen molar-refractivity contribution in [1.29, 1.82) is 0 Å². The molecule has 0 aliphatic carbocycles. The summed E-state index contributed by atoms with van der Waals surface area (Å²) >= 11 is 5.35. The Hall–Kier alpha value is -1.12. The fraction of sp³-hybridized carbons (Fsp3) is 0.125. The third kappa shape index (κ3) is 2.00. The highest BCUT2D eigenvalue weighted by Gasteiger charge is 2.08. The number of halogens is 1. The minimum atomic E-state index is 0.909. The van der Waals surface area contributed by atoms with Crippen LogP contribution >= 0.6 is 27.3 Å². The molecule has 90 valence electrons. The van der Waals surface area contributed by atoms with Crippen LogP contribution in [0.4, 0.5) is 0 Å². The highest BCUT2D eigenvalue weighted by molar-refractivity contribution is 9.08. The molecular formula is C16H13BrS. The molecule has 0 radical (unpaired) electrons.